The standard InChI is InChI=1S/C28H31FN6O3/c1-15(2)21(29)13-32-27(38)23-9-28(5)10-24(28)35(23)25(37)14-34-22-7-6-18(19-11-30-17(4)31-12-19)8-20(22)26(33-34)16(3)36/h6-8,11-12,23-24H,9-10,13-14H2,1-5H3,(H,32,38)/t23-,24?,28-/m0/s1. The van der Waals surface area contributed by atoms with Crippen molar-refractivity contribution in [2.75, 3.05) is 6.54 Å². The second kappa shape index (κ2) is 9.41. The first-order valence-corrected chi connectivity index (χ1v) is 12.7. The van der Waals surface area contributed by atoms with Crippen molar-refractivity contribution in [2.45, 2.75) is 66.1 Å². The average molecular weight is 519 g/mol. The lowest BCUT2D eigenvalue weighted by Crippen LogP contribution is -2.49. The second-order valence-electron chi connectivity index (χ2n) is 10.8. The zero-order chi connectivity index (χ0) is 27.4. The fourth-order valence-corrected chi connectivity index (χ4v) is 5.31. The van der Waals surface area contributed by atoms with Crippen LogP contribution in [0.1, 0.15) is 56.8 Å². The molecular formula is C28H31FN6O3. The topological polar surface area (TPSA) is 110 Å². The van der Waals surface area contributed by atoms with Gasteiger partial charge in [0.1, 0.15) is 29.9 Å². The normalized spacial score (nSPS) is 21.8. The van der Waals surface area contributed by atoms with Crippen molar-refractivity contribution < 1.29 is 18.8 Å². The highest BCUT2D eigenvalue weighted by molar-refractivity contribution is 6.06. The minimum atomic E-state index is -0.668. The van der Waals surface area contributed by atoms with Gasteiger partial charge in [0.15, 0.2) is 5.78 Å². The number of nitrogens with zero attached hydrogens (tertiary/aromatic N) is 5. The first kappa shape index (κ1) is 25.7. The van der Waals surface area contributed by atoms with E-state index < -0.39 is 6.04 Å². The molecule has 1 aliphatic carbocycles. The number of piperidine rings is 1. The molecule has 1 unspecified atom stereocenters. The molecule has 3 heterocycles. The molecule has 1 aliphatic heterocycles. The zero-order valence-corrected chi connectivity index (χ0v) is 22.2. The molecule has 38 heavy (non-hydrogen) atoms. The smallest absolute Gasteiger partial charge is 0.245 e. The molecule has 5 rings (SSSR count). The van der Waals surface area contributed by atoms with Crippen LogP contribution in [0.5, 0.6) is 0 Å². The maximum atomic E-state index is 14.0. The molecule has 198 valence electrons. The lowest BCUT2D eigenvalue weighted by Gasteiger charge is -2.27. The van der Waals surface area contributed by atoms with E-state index in [1.54, 1.807) is 31.1 Å². The Kier molecular flexibility index (Phi) is 6.36. The number of rotatable bonds is 7. The largest absolute Gasteiger partial charge is 0.348 e. The van der Waals surface area contributed by atoms with E-state index in [1.165, 1.54) is 11.6 Å². The number of aryl methyl sites for hydroxylation is 1. The zero-order valence-electron chi connectivity index (χ0n) is 22.2. The van der Waals surface area contributed by atoms with E-state index in [1.807, 2.05) is 25.1 Å². The molecule has 3 aromatic rings. The van der Waals surface area contributed by atoms with Gasteiger partial charge in [-0.25, -0.2) is 14.4 Å². The van der Waals surface area contributed by atoms with Gasteiger partial charge in [-0.2, -0.15) is 5.10 Å². The number of hydrogen-bond donors (Lipinski definition) is 1. The van der Waals surface area contributed by atoms with Crippen molar-refractivity contribution in [3.8, 4) is 11.1 Å². The van der Waals surface area contributed by atoms with Crippen molar-refractivity contribution in [2.24, 2.45) is 5.41 Å². The number of likely N-dealkylation sites (tertiary alicyclic amines) is 1. The molecule has 0 bridgehead atoms. The fraction of sp³-hybridized carbons (Fsp3) is 0.429. The Bertz CT molecular complexity index is 1490. The van der Waals surface area contributed by atoms with Crippen LogP contribution in [-0.4, -0.2) is 60.9 Å². The van der Waals surface area contributed by atoms with Gasteiger partial charge in [-0.15, -0.1) is 0 Å². The quantitative estimate of drug-likeness (QED) is 0.477. The Morgan fingerprint density at radius 3 is 2.47 bits per heavy atom. The van der Waals surface area contributed by atoms with Gasteiger partial charge in [-0.3, -0.25) is 19.1 Å². The number of hydrogen-bond acceptors (Lipinski definition) is 6. The van der Waals surface area contributed by atoms with Crippen molar-refractivity contribution >= 4 is 28.5 Å². The molecule has 1 saturated carbocycles. The Hall–Kier alpha value is -3.95. The minimum Gasteiger partial charge on any atom is -0.348 e. The van der Waals surface area contributed by atoms with Gasteiger partial charge in [0, 0.05) is 36.3 Å². The number of carbonyl (C=O) groups excluding carboxylic acids is 3. The van der Waals surface area contributed by atoms with Gasteiger partial charge >= 0.3 is 0 Å². The number of aromatic nitrogens is 4. The van der Waals surface area contributed by atoms with Crippen molar-refractivity contribution in [3.05, 3.63) is 53.5 Å². The van der Waals surface area contributed by atoms with Crippen molar-refractivity contribution in [1.29, 1.82) is 0 Å². The van der Waals surface area contributed by atoms with Crippen LogP contribution in [0.4, 0.5) is 4.39 Å². The van der Waals surface area contributed by atoms with Crippen LogP contribution >= 0.6 is 0 Å². The average Bonchev–Trinajstić information content (AvgIpc) is 3.24. The number of halogens is 1. The van der Waals surface area contributed by atoms with E-state index in [2.05, 4.69) is 27.3 Å². The summed E-state index contributed by atoms with van der Waals surface area (Å²) in [5.74, 6) is -0.555. The van der Waals surface area contributed by atoms with E-state index in [-0.39, 0.29) is 53.7 Å². The van der Waals surface area contributed by atoms with E-state index >= 15 is 0 Å². The lowest BCUT2D eigenvalue weighted by atomic mass is 10.0. The molecule has 2 aliphatic rings. The minimum absolute atomic E-state index is 0.0405. The molecular weight excluding hydrogens is 487 g/mol. The number of benzene rings is 1. The monoisotopic (exact) mass is 518 g/mol. The maximum absolute atomic E-state index is 14.0. The Labute approximate surface area is 220 Å². The van der Waals surface area contributed by atoms with E-state index in [0.717, 1.165) is 17.5 Å². The number of Topliss-reactive ketones (excluding diaryl/α,β-unsaturated/α-hetero) is 1. The first-order valence-electron chi connectivity index (χ1n) is 12.7. The highest BCUT2D eigenvalue weighted by atomic mass is 19.1. The van der Waals surface area contributed by atoms with Gasteiger partial charge < -0.3 is 10.2 Å². The molecule has 9 nitrogen and oxygen atoms in total. The summed E-state index contributed by atoms with van der Waals surface area (Å²) in [4.78, 5) is 49.1. The summed E-state index contributed by atoms with van der Waals surface area (Å²) in [6, 6.07) is 4.86. The number of allylic oxidation sites excluding steroid dienone is 1. The van der Waals surface area contributed by atoms with Gasteiger partial charge in [0.25, 0.3) is 0 Å². The number of ketones is 1. The summed E-state index contributed by atoms with van der Waals surface area (Å²) >= 11 is 0. The molecule has 1 aromatic carbocycles. The predicted molar refractivity (Wildman–Crippen MR) is 140 cm³/mol. The molecule has 2 amide bonds. The molecule has 10 heteroatoms. The van der Waals surface area contributed by atoms with E-state index in [9.17, 15) is 18.8 Å². The molecule has 3 atom stereocenters. The highest BCUT2D eigenvalue weighted by Gasteiger charge is 2.64. The van der Waals surface area contributed by atoms with Crippen LogP contribution in [-0.2, 0) is 16.1 Å². The van der Waals surface area contributed by atoms with Crippen LogP contribution in [0.15, 0.2) is 42.0 Å². The third kappa shape index (κ3) is 4.59. The Balaban J connectivity index is 1.42. The molecule has 0 spiro atoms. The van der Waals surface area contributed by atoms with Crippen LogP contribution < -0.4 is 5.32 Å². The maximum Gasteiger partial charge on any atom is 0.245 e. The molecule has 2 fully saturated rings. The van der Waals surface area contributed by atoms with Gasteiger partial charge in [-0.05, 0) is 62.3 Å². The summed E-state index contributed by atoms with van der Waals surface area (Å²) in [5, 5.41) is 7.76. The summed E-state index contributed by atoms with van der Waals surface area (Å²) in [7, 11) is 0. The summed E-state index contributed by atoms with van der Waals surface area (Å²) in [6.45, 7) is 8.29. The highest BCUT2D eigenvalue weighted by Crippen LogP contribution is 2.59. The number of carbonyl (C=O) groups is 3. The van der Waals surface area contributed by atoms with Crippen LogP contribution in [0.2, 0.25) is 0 Å². The summed E-state index contributed by atoms with van der Waals surface area (Å²) < 4.78 is 15.5. The fourth-order valence-electron chi connectivity index (χ4n) is 5.31. The van der Waals surface area contributed by atoms with Gasteiger partial charge in [-0.1, -0.05) is 13.0 Å². The van der Waals surface area contributed by atoms with Crippen LogP contribution in [0.3, 0.4) is 0 Å². The molecule has 1 N–H and O–H groups in total. The Morgan fingerprint density at radius 1 is 1.11 bits per heavy atom. The first-order chi connectivity index (χ1) is 18.0. The summed E-state index contributed by atoms with van der Waals surface area (Å²) in [6.07, 6.45) is 4.80. The van der Waals surface area contributed by atoms with E-state index in [0.29, 0.717) is 28.7 Å². The second-order valence-corrected chi connectivity index (χ2v) is 10.8. The van der Waals surface area contributed by atoms with Crippen molar-refractivity contribution in [1.82, 2.24) is 30.0 Å². The number of fused-ring (bicyclic) bond motifs is 2. The van der Waals surface area contributed by atoms with Crippen molar-refractivity contribution in [3.63, 3.8) is 0 Å². The van der Waals surface area contributed by atoms with Gasteiger partial charge in [0.2, 0.25) is 11.8 Å². The molecule has 1 saturated heterocycles. The van der Waals surface area contributed by atoms with Gasteiger partial charge in [0.05, 0.1) is 12.1 Å². The van der Waals surface area contributed by atoms with E-state index in [4.69, 9.17) is 0 Å². The Morgan fingerprint density at radius 2 is 1.82 bits per heavy atom. The lowest BCUT2D eigenvalue weighted by molar-refractivity contribution is -0.140. The molecule has 2 aromatic heterocycles. The number of nitrogens with one attached hydrogen (secondary N) is 1. The molecule has 0 radical (unpaired) electrons. The number of amides is 2. The third-order valence-electron chi connectivity index (χ3n) is 7.67. The van der Waals surface area contributed by atoms with Crippen LogP contribution in [0.25, 0.3) is 22.0 Å². The third-order valence-corrected chi connectivity index (χ3v) is 7.67. The summed E-state index contributed by atoms with van der Waals surface area (Å²) in [5.41, 5.74) is 2.94. The predicted octanol–water partition coefficient (Wildman–Crippen LogP) is 3.76. The van der Waals surface area contributed by atoms with Crippen LogP contribution in [0, 0.1) is 12.3 Å². The SMILES string of the molecule is CC(=O)c1nn(CC(=O)N2C3C[C@]3(C)C[C@H]2C(=O)NCC(F)=C(C)C)c2ccc(-c3cnc(C)nc3)cc12.